The average molecular weight is 254 g/mol. The fourth-order valence-corrected chi connectivity index (χ4v) is 1.96. The van der Waals surface area contributed by atoms with E-state index in [9.17, 15) is 13.2 Å². The predicted molar refractivity (Wildman–Crippen MR) is 58.2 cm³/mol. The summed E-state index contributed by atoms with van der Waals surface area (Å²) in [6.07, 6.45) is -1.47. The van der Waals surface area contributed by atoms with Crippen LogP contribution >= 0.6 is 0 Å². The van der Waals surface area contributed by atoms with Crippen molar-refractivity contribution >= 4 is 0 Å². The van der Waals surface area contributed by atoms with Gasteiger partial charge in [0.05, 0.1) is 12.8 Å². The number of halogens is 3. The van der Waals surface area contributed by atoms with Crippen molar-refractivity contribution < 1.29 is 17.9 Å². The van der Waals surface area contributed by atoms with Crippen LogP contribution in [0.15, 0.2) is 30.6 Å². The zero-order valence-electron chi connectivity index (χ0n) is 9.24. The minimum atomic E-state index is -4.48. The Morgan fingerprint density at radius 2 is 2.06 bits per heavy atom. The van der Waals surface area contributed by atoms with Crippen LogP contribution in [0.3, 0.4) is 0 Å². The number of rotatable bonds is 1. The van der Waals surface area contributed by atoms with Gasteiger partial charge in [0.15, 0.2) is 0 Å². The van der Waals surface area contributed by atoms with Crippen LogP contribution in [0.2, 0.25) is 0 Å². The number of hydrogen-bond donors (Lipinski definition) is 0. The van der Waals surface area contributed by atoms with Crippen molar-refractivity contribution in [3.8, 4) is 16.9 Å². The molecule has 0 spiro atoms. The van der Waals surface area contributed by atoms with Gasteiger partial charge < -0.3 is 4.74 Å². The lowest BCUT2D eigenvalue weighted by atomic mass is 10.1. The quantitative estimate of drug-likeness (QED) is 0.782. The highest BCUT2D eigenvalue weighted by Crippen LogP contribution is 2.32. The van der Waals surface area contributed by atoms with Gasteiger partial charge in [0.25, 0.3) is 0 Å². The molecule has 0 saturated carbocycles. The first-order chi connectivity index (χ1) is 8.54. The second kappa shape index (κ2) is 3.76. The number of ether oxygens (including phenoxy) is 1. The number of nitrogens with zero attached hydrogens (tertiary/aromatic N) is 2. The number of hydrogen-bond acceptors (Lipinski definition) is 2. The highest BCUT2D eigenvalue weighted by Gasteiger charge is 2.31. The van der Waals surface area contributed by atoms with Crippen LogP contribution in [-0.4, -0.2) is 16.4 Å². The van der Waals surface area contributed by atoms with Gasteiger partial charge in [-0.3, -0.25) is 0 Å². The number of benzene rings is 1. The van der Waals surface area contributed by atoms with E-state index in [-0.39, 0.29) is 4.68 Å². The molecule has 6 heteroatoms. The molecule has 0 bridgehead atoms. The maximum Gasteiger partial charge on any atom is 0.504 e. The van der Waals surface area contributed by atoms with Gasteiger partial charge in [0.2, 0.25) is 0 Å². The first-order valence-electron chi connectivity index (χ1n) is 5.42. The van der Waals surface area contributed by atoms with Gasteiger partial charge in [0, 0.05) is 18.2 Å². The molecule has 0 unspecified atom stereocenters. The molecule has 1 aliphatic rings. The fourth-order valence-electron chi connectivity index (χ4n) is 1.96. The maximum absolute atomic E-state index is 12.4. The van der Waals surface area contributed by atoms with E-state index in [1.807, 2.05) is 6.07 Å². The summed E-state index contributed by atoms with van der Waals surface area (Å²) < 4.78 is 42.6. The number of fused-ring (bicyclic) bond motifs is 1. The van der Waals surface area contributed by atoms with E-state index in [0.29, 0.717) is 17.7 Å². The summed E-state index contributed by atoms with van der Waals surface area (Å²) >= 11 is 0. The Labute approximate surface area is 101 Å². The summed E-state index contributed by atoms with van der Waals surface area (Å²) in [5.74, 6) is 0.743. The van der Waals surface area contributed by atoms with Gasteiger partial charge in [-0.15, -0.1) is 13.2 Å². The summed E-state index contributed by atoms with van der Waals surface area (Å²) in [5.41, 5.74) is 2.18. The second-order valence-electron chi connectivity index (χ2n) is 4.06. The van der Waals surface area contributed by atoms with E-state index in [1.54, 1.807) is 12.1 Å². The van der Waals surface area contributed by atoms with E-state index < -0.39 is 6.30 Å². The molecular formula is C12H9F3N2O. The summed E-state index contributed by atoms with van der Waals surface area (Å²) in [7, 11) is 0. The van der Waals surface area contributed by atoms with Gasteiger partial charge in [-0.25, -0.2) is 0 Å². The normalized spacial score (nSPS) is 14.4. The van der Waals surface area contributed by atoms with Crippen molar-refractivity contribution in [2.24, 2.45) is 0 Å². The monoisotopic (exact) mass is 254 g/mol. The van der Waals surface area contributed by atoms with Crippen LogP contribution in [-0.2, 0) is 12.7 Å². The molecule has 0 fully saturated rings. The molecule has 1 aromatic heterocycles. The Balaban J connectivity index is 1.98. The summed E-state index contributed by atoms with van der Waals surface area (Å²) in [5, 5.41) is 3.31. The van der Waals surface area contributed by atoms with Crippen molar-refractivity contribution in [3.63, 3.8) is 0 Å². The molecule has 2 heterocycles. The summed E-state index contributed by atoms with van der Waals surface area (Å²) in [4.78, 5) is 0. The molecule has 94 valence electrons. The first-order valence-corrected chi connectivity index (χ1v) is 5.42. The van der Waals surface area contributed by atoms with Crippen LogP contribution in [0.25, 0.3) is 11.1 Å². The Morgan fingerprint density at radius 1 is 1.22 bits per heavy atom. The maximum atomic E-state index is 12.4. The smallest absolute Gasteiger partial charge is 0.493 e. The van der Waals surface area contributed by atoms with Crippen molar-refractivity contribution in [2.75, 3.05) is 6.61 Å². The SMILES string of the molecule is FC(F)(F)n1cc(-c2ccc3c(c2)OCC3)cn1. The third-order valence-corrected chi connectivity index (χ3v) is 2.87. The average Bonchev–Trinajstić information content (AvgIpc) is 2.96. The molecule has 1 aliphatic heterocycles. The molecule has 2 aromatic rings. The molecule has 18 heavy (non-hydrogen) atoms. The number of aromatic nitrogens is 2. The lowest BCUT2D eigenvalue weighted by Gasteiger charge is -2.04. The highest BCUT2D eigenvalue weighted by atomic mass is 19.4. The highest BCUT2D eigenvalue weighted by molar-refractivity contribution is 5.65. The van der Waals surface area contributed by atoms with E-state index in [1.165, 1.54) is 6.20 Å². The lowest BCUT2D eigenvalue weighted by Crippen LogP contribution is -2.16. The van der Waals surface area contributed by atoms with Crippen LogP contribution in [0.4, 0.5) is 13.2 Å². The van der Waals surface area contributed by atoms with Crippen molar-refractivity contribution in [2.45, 2.75) is 12.7 Å². The Kier molecular flexibility index (Phi) is 2.33. The molecule has 0 amide bonds. The van der Waals surface area contributed by atoms with E-state index >= 15 is 0 Å². The third kappa shape index (κ3) is 1.83. The van der Waals surface area contributed by atoms with Gasteiger partial charge in [-0.2, -0.15) is 9.78 Å². The zero-order chi connectivity index (χ0) is 12.8. The summed E-state index contributed by atoms with van der Waals surface area (Å²) in [6, 6.07) is 5.41. The Hall–Kier alpha value is -1.98. The van der Waals surface area contributed by atoms with Crippen LogP contribution in [0.1, 0.15) is 5.56 Å². The third-order valence-electron chi connectivity index (χ3n) is 2.87. The minimum absolute atomic E-state index is 0.00355. The molecule has 0 atom stereocenters. The molecule has 3 rings (SSSR count). The van der Waals surface area contributed by atoms with Crippen molar-refractivity contribution in [1.82, 2.24) is 9.78 Å². The molecular weight excluding hydrogens is 245 g/mol. The molecule has 0 radical (unpaired) electrons. The Bertz CT molecular complexity index is 589. The largest absolute Gasteiger partial charge is 0.504 e. The van der Waals surface area contributed by atoms with E-state index in [2.05, 4.69) is 5.10 Å². The Morgan fingerprint density at radius 3 is 2.78 bits per heavy atom. The van der Waals surface area contributed by atoms with Crippen LogP contribution in [0.5, 0.6) is 5.75 Å². The molecule has 1 aromatic carbocycles. The van der Waals surface area contributed by atoms with E-state index in [0.717, 1.165) is 23.9 Å². The van der Waals surface area contributed by atoms with Crippen molar-refractivity contribution in [3.05, 3.63) is 36.2 Å². The molecule has 0 N–H and O–H groups in total. The van der Waals surface area contributed by atoms with Gasteiger partial charge in [-0.1, -0.05) is 12.1 Å². The molecule has 0 aliphatic carbocycles. The fraction of sp³-hybridized carbons (Fsp3) is 0.250. The zero-order valence-corrected chi connectivity index (χ0v) is 9.24. The molecule has 0 saturated heterocycles. The van der Waals surface area contributed by atoms with E-state index in [4.69, 9.17) is 4.74 Å². The van der Waals surface area contributed by atoms with Gasteiger partial charge >= 0.3 is 6.30 Å². The minimum Gasteiger partial charge on any atom is -0.493 e. The molecule has 3 nitrogen and oxygen atoms in total. The van der Waals surface area contributed by atoms with Gasteiger partial charge in [0.1, 0.15) is 5.75 Å². The van der Waals surface area contributed by atoms with Crippen LogP contribution < -0.4 is 4.74 Å². The lowest BCUT2D eigenvalue weighted by molar-refractivity contribution is -0.212. The van der Waals surface area contributed by atoms with Crippen LogP contribution in [0, 0.1) is 0 Å². The first kappa shape index (κ1) is 11.1. The predicted octanol–water partition coefficient (Wildman–Crippen LogP) is 2.96. The van der Waals surface area contributed by atoms with Gasteiger partial charge in [-0.05, 0) is 17.2 Å². The number of alkyl halides is 3. The van der Waals surface area contributed by atoms with Crippen molar-refractivity contribution in [1.29, 1.82) is 0 Å². The standard InChI is InChI=1S/C12H9F3N2O/c13-12(14,15)17-7-10(6-16-17)9-2-1-8-3-4-18-11(8)5-9/h1-2,5-7H,3-4H2. The topological polar surface area (TPSA) is 27.1 Å². The second-order valence-corrected chi connectivity index (χ2v) is 4.06. The summed E-state index contributed by atoms with van der Waals surface area (Å²) in [6.45, 7) is 0.626.